The maximum absolute atomic E-state index is 11.1. The van der Waals surface area contributed by atoms with Crippen LogP contribution in [0.25, 0.3) is 10.8 Å². The standard InChI is InChI=1S/C47H53N3.C2H4F3NS2.C2H6/c1-6-10-19-38(7-2)49(8-3)40-29-25-36(26-30-40)47(37-27-31-41(32-28-37)50(9-4)39-20-12-11-13-21-39)44-33-34-46(43-23-16-15-22-42(43)44)48-45-24-17-14-18-35(45)5;1-7-6-8-2(3,4)5;1-2/h6-7,10-13,15-16,19-23,25-35,45,47-48H,2,8-9,14,17-18,24H2,1,3-5H3;6H,1H3;1-2H3/b10-6-,38-19+;;. The Morgan fingerprint density at radius 1 is 0.783 bits per heavy atom. The zero-order valence-corrected chi connectivity index (χ0v) is 37.9. The van der Waals surface area contributed by atoms with E-state index in [9.17, 15) is 13.2 Å². The van der Waals surface area contributed by atoms with Crippen molar-refractivity contribution in [2.75, 3.05) is 34.5 Å². The number of nitrogens with zero attached hydrogens (tertiary/aromatic N) is 2. The number of halogens is 3. The fraction of sp³-hybridized carbons (Fsp3) is 0.333. The first kappa shape index (κ1) is 48.1. The first-order chi connectivity index (χ1) is 29.1. The van der Waals surface area contributed by atoms with Crippen LogP contribution in [0.3, 0.4) is 0 Å². The lowest BCUT2D eigenvalue weighted by Gasteiger charge is -2.31. The molecule has 0 spiro atoms. The van der Waals surface area contributed by atoms with Gasteiger partial charge in [0.1, 0.15) is 0 Å². The first-order valence-corrected chi connectivity index (χ1v) is 23.2. The summed E-state index contributed by atoms with van der Waals surface area (Å²) in [6.45, 7) is 18.7. The van der Waals surface area contributed by atoms with Gasteiger partial charge >= 0.3 is 5.51 Å². The van der Waals surface area contributed by atoms with Crippen LogP contribution < -0.4 is 19.2 Å². The molecule has 3 unspecified atom stereocenters. The number of para-hydroxylation sites is 1. The Morgan fingerprint density at radius 3 is 1.90 bits per heavy atom. The number of hydrogen-bond donors (Lipinski definition) is 2. The molecule has 1 aliphatic carbocycles. The third-order valence-electron chi connectivity index (χ3n) is 10.7. The highest BCUT2D eigenvalue weighted by atomic mass is 32.2. The van der Waals surface area contributed by atoms with Gasteiger partial charge in [0.2, 0.25) is 0 Å². The van der Waals surface area contributed by atoms with E-state index in [1.807, 2.05) is 31.0 Å². The Morgan fingerprint density at radius 2 is 1.37 bits per heavy atom. The van der Waals surface area contributed by atoms with Crippen LogP contribution in [0.5, 0.6) is 0 Å². The van der Waals surface area contributed by atoms with Crippen LogP contribution in [0.2, 0.25) is 0 Å². The monoisotopic (exact) mass is 852 g/mol. The van der Waals surface area contributed by atoms with Crippen molar-refractivity contribution >= 4 is 57.4 Å². The number of likely N-dealkylation sites (N-methyl/N-ethyl adjacent to an activating group) is 1. The first-order valence-electron chi connectivity index (χ1n) is 21.2. The molecule has 0 heterocycles. The number of allylic oxidation sites excluding steroid dienone is 4. The topological polar surface area (TPSA) is 30.5 Å². The van der Waals surface area contributed by atoms with Crippen LogP contribution in [0.1, 0.15) is 89.8 Å². The minimum absolute atomic E-state index is 0.0602. The predicted molar refractivity (Wildman–Crippen MR) is 260 cm³/mol. The molecule has 1 fully saturated rings. The van der Waals surface area contributed by atoms with Crippen molar-refractivity contribution in [3.8, 4) is 0 Å². The van der Waals surface area contributed by atoms with E-state index in [0.29, 0.717) is 12.0 Å². The lowest BCUT2D eigenvalue weighted by Crippen LogP contribution is -2.30. The van der Waals surface area contributed by atoms with Gasteiger partial charge in [-0.3, -0.25) is 0 Å². The van der Waals surface area contributed by atoms with E-state index in [2.05, 4.69) is 176 Å². The van der Waals surface area contributed by atoms with Gasteiger partial charge in [0.05, 0.1) is 0 Å². The zero-order valence-electron chi connectivity index (χ0n) is 36.3. The van der Waals surface area contributed by atoms with Crippen LogP contribution >= 0.6 is 23.9 Å². The third kappa shape index (κ3) is 13.2. The summed E-state index contributed by atoms with van der Waals surface area (Å²) >= 11 is 0.668. The molecule has 0 bridgehead atoms. The van der Waals surface area contributed by atoms with Crippen LogP contribution in [-0.2, 0) is 0 Å². The number of rotatable bonds is 15. The van der Waals surface area contributed by atoms with Crippen LogP contribution in [0.4, 0.5) is 35.9 Å². The van der Waals surface area contributed by atoms with E-state index in [4.69, 9.17) is 0 Å². The minimum atomic E-state index is -4.16. The number of hydrogen-bond acceptors (Lipinski definition) is 6. The predicted octanol–water partition coefficient (Wildman–Crippen LogP) is 15.7. The lowest BCUT2D eigenvalue weighted by atomic mass is 9.82. The molecular formula is C51H63F3N4S2. The van der Waals surface area contributed by atoms with E-state index >= 15 is 0 Å². The Hall–Kier alpha value is -4.57. The van der Waals surface area contributed by atoms with Gasteiger partial charge in [-0.15, -0.1) is 0 Å². The van der Waals surface area contributed by atoms with Crippen molar-refractivity contribution < 1.29 is 13.2 Å². The van der Waals surface area contributed by atoms with Crippen LogP contribution in [-0.4, -0.2) is 30.9 Å². The molecule has 0 saturated heterocycles. The summed E-state index contributed by atoms with van der Waals surface area (Å²) in [5, 5.41) is 6.59. The summed E-state index contributed by atoms with van der Waals surface area (Å²) in [6.07, 6.45) is 14.9. The van der Waals surface area contributed by atoms with E-state index in [0.717, 1.165) is 36.4 Å². The number of nitrogens with one attached hydrogen (secondary N) is 2. The van der Waals surface area contributed by atoms with Gasteiger partial charge < -0.3 is 15.1 Å². The average Bonchev–Trinajstić information content (AvgIpc) is 3.28. The lowest BCUT2D eigenvalue weighted by molar-refractivity contribution is -0.0331. The number of anilines is 4. The van der Waals surface area contributed by atoms with Gasteiger partial charge in [-0.05, 0) is 122 Å². The van der Waals surface area contributed by atoms with Crippen molar-refractivity contribution in [3.63, 3.8) is 0 Å². The van der Waals surface area contributed by atoms with Gasteiger partial charge in [-0.1, -0.05) is 137 Å². The van der Waals surface area contributed by atoms with Crippen molar-refractivity contribution in [2.45, 2.75) is 84.7 Å². The normalized spacial score (nSPS) is 15.9. The number of alkyl halides is 3. The molecule has 1 aliphatic rings. The molecule has 1 saturated carbocycles. The zero-order chi connectivity index (χ0) is 43.5. The summed E-state index contributed by atoms with van der Waals surface area (Å²) in [6, 6.07) is 43.3. The Bertz CT molecular complexity index is 2080. The fourth-order valence-electron chi connectivity index (χ4n) is 7.86. The molecular weight excluding hydrogens is 790 g/mol. The molecule has 9 heteroatoms. The molecule has 2 N–H and O–H groups in total. The van der Waals surface area contributed by atoms with Crippen LogP contribution in [0.15, 0.2) is 152 Å². The smallest absolute Gasteiger partial charge is 0.382 e. The largest absolute Gasteiger partial charge is 0.456 e. The second kappa shape index (κ2) is 24.6. The highest BCUT2D eigenvalue weighted by Crippen LogP contribution is 2.41. The second-order valence-corrected chi connectivity index (χ2v) is 16.1. The third-order valence-corrected chi connectivity index (χ3v) is 12.0. The summed E-state index contributed by atoms with van der Waals surface area (Å²) in [5.41, 5.74) is 5.62. The highest BCUT2D eigenvalue weighted by Gasteiger charge is 2.28. The summed E-state index contributed by atoms with van der Waals surface area (Å²) in [5.74, 6) is 0.743. The van der Waals surface area contributed by atoms with Crippen molar-refractivity contribution in [1.82, 2.24) is 4.13 Å². The molecule has 0 aliphatic heterocycles. The molecule has 4 nitrogen and oxygen atoms in total. The highest BCUT2D eigenvalue weighted by molar-refractivity contribution is 8.12. The molecule has 320 valence electrons. The average molecular weight is 853 g/mol. The molecule has 0 amide bonds. The molecule has 6 rings (SSSR count). The van der Waals surface area contributed by atoms with E-state index in [1.165, 1.54) is 76.5 Å². The van der Waals surface area contributed by atoms with E-state index in [-0.39, 0.29) is 17.9 Å². The van der Waals surface area contributed by atoms with Gasteiger partial charge in [0.25, 0.3) is 0 Å². The van der Waals surface area contributed by atoms with Crippen molar-refractivity contribution in [2.24, 2.45) is 5.92 Å². The quantitative estimate of drug-likeness (QED) is 0.0620. The number of fused-ring (bicyclic) bond motifs is 1. The van der Waals surface area contributed by atoms with Crippen LogP contribution in [0, 0.1) is 5.92 Å². The van der Waals surface area contributed by atoms with Gasteiger partial charge in [-0.2, -0.15) is 13.2 Å². The minimum Gasteiger partial charge on any atom is -0.382 e. The summed E-state index contributed by atoms with van der Waals surface area (Å²) in [4.78, 5) is 4.68. The van der Waals surface area contributed by atoms with Gasteiger partial charge in [-0.25, -0.2) is 4.13 Å². The van der Waals surface area contributed by atoms with E-state index in [1.54, 1.807) is 0 Å². The molecule has 0 aromatic heterocycles. The Labute approximate surface area is 366 Å². The van der Waals surface area contributed by atoms with Gasteiger partial charge in [0, 0.05) is 70.8 Å². The Balaban J connectivity index is 0.000000712. The summed E-state index contributed by atoms with van der Waals surface area (Å²) in [7, 11) is 0. The van der Waals surface area contributed by atoms with Gasteiger partial charge in [0.15, 0.2) is 0 Å². The van der Waals surface area contributed by atoms with E-state index < -0.39 is 5.51 Å². The fourth-order valence-corrected chi connectivity index (χ4v) is 8.58. The molecule has 3 atom stereocenters. The molecule has 0 radical (unpaired) electrons. The second-order valence-electron chi connectivity index (χ2n) is 14.4. The van der Waals surface area contributed by atoms with Crippen molar-refractivity contribution in [1.29, 1.82) is 0 Å². The molecule has 5 aromatic carbocycles. The molecule has 5 aromatic rings. The summed E-state index contributed by atoms with van der Waals surface area (Å²) < 4.78 is 35.4. The Kier molecular flexibility index (Phi) is 19.7. The number of benzene rings is 5. The van der Waals surface area contributed by atoms with Crippen molar-refractivity contribution in [3.05, 3.63) is 169 Å². The maximum atomic E-state index is 11.1. The maximum Gasteiger partial charge on any atom is 0.456 e. The molecule has 60 heavy (non-hydrogen) atoms. The SMILES string of the molecule is C=C/C(=C\C=C/C)N(CC)c1ccc(C(c2ccc(N(CC)c3ccccc3)cc2)c2ccc(NC3CCCCC3C)c3ccccc23)cc1.CC.CSNSC(F)(F)F.